The van der Waals surface area contributed by atoms with Crippen molar-refractivity contribution in [2.24, 2.45) is 0 Å². The van der Waals surface area contributed by atoms with Crippen molar-refractivity contribution < 1.29 is 33.3 Å². The first-order valence-electron chi connectivity index (χ1n) is 10.9. The van der Waals surface area contributed by atoms with E-state index in [1.54, 1.807) is 42.5 Å². The quantitative estimate of drug-likeness (QED) is 0.218. The number of fused-ring (bicyclic) bond motifs is 1. The fraction of sp³-hybridized carbons (Fsp3) is 0.143. The van der Waals surface area contributed by atoms with Gasteiger partial charge in [-0.05, 0) is 35.9 Å². The summed E-state index contributed by atoms with van der Waals surface area (Å²) in [6, 6.07) is 20.8. The van der Waals surface area contributed by atoms with Crippen molar-refractivity contribution in [2.45, 2.75) is 6.42 Å². The van der Waals surface area contributed by atoms with Crippen LogP contribution in [0.4, 0.5) is 0 Å². The highest BCUT2D eigenvalue weighted by atomic mass is 35.5. The molecule has 0 amide bonds. The van der Waals surface area contributed by atoms with E-state index in [2.05, 4.69) is 0 Å². The fourth-order valence-corrected chi connectivity index (χ4v) is 3.97. The van der Waals surface area contributed by atoms with E-state index in [1.807, 2.05) is 30.3 Å². The van der Waals surface area contributed by atoms with Crippen LogP contribution in [-0.4, -0.2) is 33.3 Å². The predicted octanol–water partition coefficient (Wildman–Crippen LogP) is 5.89. The first-order chi connectivity index (χ1) is 17.5. The number of halogens is 1. The summed E-state index contributed by atoms with van der Waals surface area (Å²) in [7, 11) is 4.26. The van der Waals surface area contributed by atoms with Crippen LogP contribution in [0.3, 0.4) is 0 Å². The van der Waals surface area contributed by atoms with Crippen LogP contribution in [0.25, 0.3) is 10.8 Å². The Morgan fingerprint density at radius 2 is 1.33 bits per heavy atom. The molecule has 0 spiro atoms. The number of benzene rings is 4. The SMILES string of the molecule is COc1ccccc1C(=O)Oc1c(OC)c(OC)c(OC(=O)Cc2ccccc2)c2cc(Cl)ccc12. The molecule has 4 aromatic rings. The van der Waals surface area contributed by atoms with Gasteiger partial charge in [0.15, 0.2) is 11.5 Å². The second-order valence-corrected chi connectivity index (χ2v) is 8.08. The summed E-state index contributed by atoms with van der Waals surface area (Å²) in [6.45, 7) is 0. The van der Waals surface area contributed by atoms with E-state index in [1.165, 1.54) is 21.3 Å². The Bertz CT molecular complexity index is 1420. The van der Waals surface area contributed by atoms with Crippen molar-refractivity contribution in [3.63, 3.8) is 0 Å². The van der Waals surface area contributed by atoms with E-state index in [0.717, 1.165) is 5.56 Å². The number of carbonyl (C=O) groups is 2. The number of hydrogen-bond acceptors (Lipinski definition) is 7. The minimum Gasteiger partial charge on any atom is -0.496 e. The molecule has 4 rings (SSSR count). The Morgan fingerprint density at radius 3 is 2.00 bits per heavy atom. The predicted molar refractivity (Wildman–Crippen MR) is 136 cm³/mol. The second-order valence-electron chi connectivity index (χ2n) is 7.64. The van der Waals surface area contributed by atoms with Gasteiger partial charge in [0.2, 0.25) is 11.5 Å². The Morgan fingerprint density at radius 1 is 0.694 bits per heavy atom. The van der Waals surface area contributed by atoms with Crippen LogP contribution in [0.15, 0.2) is 72.8 Å². The molecule has 0 N–H and O–H groups in total. The van der Waals surface area contributed by atoms with Crippen molar-refractivity contribution in [1.82, 2.24) is 0 Å². The Balaban J connectivity index is 1.82. The van der Waals surface area contributed by atoms with E-state index in [9.17, 15) is 9.59 Å². The lowest BCUT2D eigenvalue weighted by Crippen LogP contribution is -2.14. The van der Waals surface area contributed by atoms with E-state index in [0.29, 0.717) is 21.5 Å². The van der Waals surface area contributed by atoms with E-state index in [-0.39, 0.29) is 35.0 Å². The average Bonchev–Trinajstić information content (AvgIpc) is 2.89. The van der Waals surface area contributed by atoms with E-state index in [4.69, 9.17) is 35.3 Å². The first-order valence-corrected chi connectivity index (χ1v) is 11.3. The van der Waals surface area contributed by atoms with Crippen LogP contribution in [0.5, 0.6) is 28.7 Å². The number of para-hydroxylation sites is 1. The lowest BCUT2D eigenvalue weighted by atomic mass is 10.1. The van der Waals surface area contributed by atoms with Crippen LogP contribution in [0.2, 0.25) is 5.02 Å². The number of methoxy groups -OCH3 is 3. The number of carbonyl (C=O) groups excluding carboxylic acids is 2. The molecule has 0 atom stereocenters. The molecule has 0 unspecified atom stereocenters. The van der Waals surface area contributed by atoms with Crippen LogP contribution in [0.1, 0.15) is 15.9 Å². The van der Waals surface area contributed by atoms with Crippen molar-refractivity contribution in [1.29, 1.82) is 0 Å². The van der Waals surface area contributed by atoms with Crippen LogP contribution >= 0.6 is 11.6 Å². The molecule has 0 bridgehead atoms. The van der Waals surface area contributed by atoms with Gasteiger partial charge in [-0.25, -0.2) is 4.79 Å². The maximum Gasteiger partial charge on any atom is 0.347 e. The molecule has 0 saturated carbocycles. The summed E-state index contributed by atoms with van der Waals surface area (Å²) >= 11 is 6.28. The van der Waals surface area contributed by atoms with E-state index >= 15 is 0 Å². The summed E-state index contributed by atoms with van der Waals surface area (Å²) < 4.78 is 28.0. The number of esters is 2. The maximum absolute atomic E-state index is 13.1. The largest absolute Gasteiger partial charge is 0.496 e. The van der Waals surface area contributed by atoms with Gasteiger partial charge in [-0.15, -0.1) is 0 Å². The molecule has 0 aliphatic rings. The van der Waals surface area contributed by atoms with Crippen molar-refractivity contribution in [2.75, 3.05) is 21.3 Å². The number of ether oxygens (including phenoxy) is 5. The summed E-state index contributed by atoms with van der Waals surface area (Å²) in [5.41, 5.74) is 1.01. The summed E-state index contributed by atoms with van der Waals surface area (Å²) in [5.74, 6) is -0.481. The summed E-state index contributed by atoms with van der Waals surface area (Å²) in [4.78, 5) is 26.0. The fourth-order valence-electron chi connectivity index (χ4n) is 3.80. The Hall–Kier alpha value is -4.23. The number of hydrogen-bond donors (Lipinski definition) is 0. The van der Waals surface area contributed by atoms with E-state index < -0.39 is 11.9 Å². The molecular formula is C28H23ClO7. The molecule has 0 saturated heterocycles. The third-order valence-corrected chi connectivity index (χ3v) is 5.66. The molecule has 4 aromatic carbocycles. The molecule has 0 heterocycles. The first kappa shape index (κ1) is 24.9. The highest BCUT2D eigenvalue weighted by molar-refractivity contribution is 6.31. The molecule has 7 nitrogen and oxygen atoms in total. The van der Waals surface area contributed by atoms with Crippen LogP contribution in [0, 0.1) is 0 Å². The van der Waals surface area contributed by atoms with Gasteiger partial charge in [0, 0.05) is 15.8 Å². The van der Waals surface area contributed by atoms with Gasteiger partial charge >= 0.3 is 11.9 Å². The topological polar surface area (TPSA) is 80.3 Å². The lowest BCUT2D eigenvalue weighted by Gasteiger charge is -2.20. The highest BCUT2D eigenvalue weighted by Crippen LogP contribution is 2.52. The van der Waals surface area contributed by atoms with Crippen molar-refractivity contribution >= 4 is 34.3 Å². The second kappa shape index (κ2) is 11.0. The smallest absolute Gasteiger partial charge is 0.347 e. The van der Waals surface area contributed by atoms with Gasteiger partial charge in [0.05, 0.1) is 27.8 Å². The minimum atomic E-state index is -0.669. The molecule has 0 radical (unpaired) electrons. The maximum atomic E-state index is 13.1. The van der Waals surface area contributed by atoms with Gasteiger partial charge in [-0.1, -0.05) is 54.1 Å². The third-order valence-electron chi connectivity index (χ3n) is 5.43. The Kier molecular flexibility index (Phi) is 7.61. The molecule has 8 heteroatoms. The minimum absolute atomic E-state index is 0.0406. The molecule has 0 aromatic heterocycles. The van der Waals surface area contributed by atoms with Crippen LogP contribution < -0.4 is 23.7 Å². The molecular weight excluding hydrogens is 484 g/mol. The van der Waals surface area contributed by atoms with Crippen LogP contribution in [-0.2, 0) is 11.2 Å². The lowest BCUT2D eigenvalue weighted by molar-refractivity contribution is -0.133. The van der Waals surface area contributed by atoms with Gasteiger partial charge in [-0.3, -0.25) is 4.79 Å². The average molecular weight is 507 g/mol. The zero-order valence-corrected chi connectivity index (χ0v) is 20.6. The third kappa shape index (κ3) is 5.06. The monoisotopic (exact) mass is 506 g/mol. The van der Waals surface area contributed by atoms with Gasteiger partial charge < -0.3 is 23.7 Å². The molecule has 0 aliphatic carbocycles. The molecule has 184 valence electrons. The molecule has 0 fully saturated rings. The Labute approximate surface area is 213 Å². The van der Waals surface area contributed by atoms with Gasteiger partial charge in [0.25, 0.3) is 0 Å². The van der Waals surface area contributed by atoms with Gasteiger partial charge in [-0.2, -0.15) is 0 Å². The molecule has 36 heavy (non-hydrogen) atoms. The highest BCUT2D eigenvalue weighted by Gasteiger charge is 2.28. The summed E-state index contributed by atoms with van der Waals surface area (Å²) in [6.07, 6.45) is 0.0406. The van der Waals surface area contributed by atoms with Crippen molar-refractivity contribution in [3.8, 4) is 28.7 Å². The van der Waals surface area contributed by atoms with Gasteiger partial charge in [0.1, 0.15) is 11.3 Å². The zero-order chi connectivity index (χ0) is 25.7. The summed E-state index contributed by atoms with van der Waals surface area (Å²) in [5, 5.41) is 1.23. The zero-order valence-electron chi connectivity index (χ0n) is 19.9. The number of rotatable bonds is 8. The normalized spacial score (nSPS) is 10.6. The van der Waals surface area contributed by atoms with Crippen molar-refractivity contribution in [3.05, 3.63) is 88.9 Å². The standard InChI is InChI=1S/C28H23ClO7/c1-32-22-12-8-7-11-20(22)28(31)36-24-19-14-13-18(29)16-21(19)25(27(34-3)26(24)33-2)35-23(30)15-17-9-5-4-6-10-17/h4-14,16H,15H2,1-3H3. The molecule has 0 aliphatic heterocycles.